The molecule has 0 spiro atoms. The van der Waals surface area contributed by atoms with Gasteiger partial charge in [-0.1, -0.05) is 13.8 Å². The molecule has 0 saturated carbocycles. The van der Waals surface area contributed by atoms with Crippen LogP contribution < -0.4 is 11.3 Å². The van der Waals surface area contributed by atoms with Crippen molar-refractivity contribution in [1.29, 1.82) is 0 Å². The van der Waals surface area contributed by atoms with Gasteiger partial charge < -0.3 is 0 Å². The van der Waals surface area contributed by atoms with E-state index in [9.17, 15) is 8.78 Å². The van der Waals surface area contributed by atoms with E-state index in [1.165, 1.54) is 12.1 Å². The molecule has 4 unspecified atom stereocenters. The van der Waals surface area contributed by atoms with Crippen LogP contribution in [0.2, 0.25) is 0 Å². The van der Waals surface area contributed by atoms with Crippen LogP contribution in [0.3, 0.4) is 0 Å². The maximum Gasteiger partial charge on any atom is 0.126 e. The third-order valence-corrected chi connectivity index (χ3v) is 7.24. The maximum atomic E-state index is 13.7. The lowest BCUT2D eigenvalue weighted by Gasteiger charge is -2.35. The van der Waals surface area contributed by atoms with Crippen LogP contribution in [-0.4, -0.2) is 27.5 Å². The smallest absolute Gasteiger partial charge is 0.126 e. The van der Waals surface area contributed by atoms with Crippen molar-refractivity contribution in [2.75, 3.05) is 5.75 Å². The number of hydrogen-bond acceptors (Lipinski definition) is 4. The van der Waals surface area contributed by atoms with Crippen LogP contribution in [0.15, 0.2) is 18.2 Å². The largest absolute Gasteiger partial charge is 0.271 e. The quantitative estimate of drug-likeness (QED) is 0.661. The minimum atomic E-state index is -0.412. The summed E-state index contributed by atoms with van der Waals surface area (Å²) in [4.78, 5) is 0. The summed E-state index contributed by atoms with van der Waals surface area (Å²) in [7, 11) is 0. The molecule has 1 aromatic carbocycles. The second kappa shape index (κ2) is 7.11. The van der Waals surface area contributed by atoms with Crippen LogP contribution in [0.25, 0.3) is 0 Å². The van der Waals surface area contributed by atoms with E-state index in [1.54, 1.807) is 0 Å². The normalized spacial score (nSPS) is 28.4. The van der Waals surface area contributed by atoms with Crippen LogP contribution in [0.4, 0.5) is 8.78 Å². The van der Waals surface area contributed by atoms with Crippen LogP contribution in [0, 0.1) is 11.6 Å². The Hall–Kier alpha value is -0.300. The molecule has 1 aromatic rings. The molecule has 1 fully saturated rings. The van der Waals surface area contributed by atoms with Gasteiger partial charge in [0.15, 0.2) is 0 Å². The molecule has 4 atom stereocenters. The van der Waals surface area contributed by atoms with Crippen molar-refractivity contribution in [1.82, 2.24) is 5.43 Å². The molecule has 1 heterocycles. The first-order valence-electron chi connectivity index (χ1n) is 6.68. The van der Waals surface area contributed by atoms with Crippen molar-refractivity contribution in [2.24, 2.45) is 5.84 Å². The van der Waals surface area contributed by atoms with Gasteiger partial charge in [-0.2, -0.15) is 23.5 Å². The summed E-state index contributed by atoms with van der Waals surface area (Å²) in [5.74, 6) is 5.82. The van der Waals surface area contributed by atoms with Crippen molar-refractivity contribution >= 4 is 23.5 Å². The van der Waals surface area contributed by atoms with Crippen molar-refractivity contribution in [2.45, 2.75) is 42.1 Å². The molecule has 112 valence electrons. The van der Waals surface area contributed by atoms with Gasteiger partial charge in [0.05, 0.1) is 0 Å². The molecule has 0 radical (unpaired) electrons. The number of thioether (sulfide) groups is 2. The summed E-state index contributed by atoms with van der Waals surface area (Å²) < 4.78 is 27.0. The Balaban J connectivity index is 2.07. The Bertz CT molecular complexity index is 459. The van der Waals surface area contributed by atoms with E-state index in [0.717, 1.165) is 11.8 Å². The van der Waals surface area contributed by atoms with Crippen molar-refractivity contribution < 1.29 is 8.78 Å². The number of benzene rings is 1. The Morgan fingerprint density at radius 3 is 2.75 bits per heavy atom. The summed E-state index contributed by atoms with van der Waals surface area (Å²) in [6.07, 6.45) is 0.402. The van der Waals surface area contributed by atoms with E-state index in [0.29, 0.717) is 27.7 Å². The van der Waals surface area contributed by atoms with Gasteiger partial charge in [-0.25, -0.2) is 8.78 Å². The highest BCUT2D eigenvalue weighted by molar-refractivity contribution is 8.07. The molecule has 20 heavy (non-hydrogen) atoms. The van der Waals surface area contributed by atoms with Gasteiger partial charge in [0.1, 0.15) is 11.6 Å². The van der Waals surface area contributed by atoms with Crippen LogP contribution >= 0.6 is 23.5 Å². The zero-order valence-electron chi connectivity index (χ0n) is 11.6. The molecule has 0 bridgehead atoms. The number of nitrogens with one attached hydrogen (secondary N) is 1. The first-order valence-corrected chi connectivity index (χ1v) is 8.67. The highest BCUT2D eigenvalue weighted by Crippen LogP contribution is 2.37. The molecule has 1 aliphatic rings. The van der Waals surface area contributed by atoms with Gasteiger partial charge in [-0.3, -0.25) is 11.3 Å². The second-order valence-corrected chi connectivity index (χ2v) is 8.16. The Labute approximate surface area is 127 Å². The Kier molecular flexibility index (Phi) is 5.72. The van der Waals surface area contributed by atoms with Gasteiger partial charge in [-0.05, 0) is 30.2 Å². The van der Waals surface area contributed by atoms with Crippen LogP contribution in [-0.2, 0) is 6.42 Å². The van der Waals surface area contributed by atoms with Gasteiger partial charge in [0.25, 0.3) is 0 Å². The lowest BCUT2D eigenvalue weighted by molar-refractivity contribution is 0.501. The van der Waals surface area contributed by atoms with E-state index in [4.69, 9.17) is 5.84 Å². The number of rotatable bonds is 4. The summed E-state index contributed by atoms with van der Waals surface area (Å²) in [5.41, 5.74) is 3.16. The molecule has 0 aliphatic carbocycles. The van der Waals surface area contributed by atoms with E-state index in [-0.39, 0.29) is 11.9 Å². The number of hydrazine groups is 1. The second-order valence-electron chi connectivity index (χ2n) is 5.13. The predicted octanol–water partition coefficient (Wildman–Crippen LogP) is 2.96. The van der Waals surface area contributed by atoms with Crippen LogP contribution in [0.5, 0.6) is 0 Å². The molecule has 2 rings (SSSR count). The van der Waals surface area contributed by atoms with E-state index in [1.807, 2.05) is 23.5 Å². The zero-order chi connectivity index (χ0) is 14.7. The van der Waals surface area contributed by atoms with Gasteiger partial charge >= 0.3 is 0 Å². The lowest BCUT2D eigenvalue weighted by atomic mass is 10.0. The fourth-order valence-electron chi connectivity index (χ4n) is 2.25. The summed E-state index contributed by atoms with van der Waals surface area (Å²) in [5, 5.41) is 1.45. The minimum Gasteiger partial charge on any atom is -0.271 e. The standard InChI is InChI=1S/C14H20F2N2S2/c1-8-9(2)20-14(7-19-8)13(18-17)6-10-5-11(15)3-4-12(10)16/h3-5,8-9,13-14,18H,6-7,17H2,1-2H3. The first kappa shape index (κ1) is 16.1. The van der Waals surface area contributed by atoms with Crippen molar-refractivity contribution in [3.05, 3.63) is 35.4 Å². The average molecular weight is 318 g/mol. The third-order valence-electron chi connectivity index (χ3n) is 3.68. The molecule has 6 heteroatoms. The van der Waals surface area contributed by atoms with Gasteiger partial charge in [0.2, 0.25) is 0 Å². The van der Waals surface area contributed by atoms with Gasteiger partial charge in [0, 0.05) is 27.5 Å². The van der Waals surface area contributed by atoms with E-state index in [2.05, 4.69) is 19.3 Å². The lowest BCUT2D eigenvalue weighted by Crippen LogP contribution is -2.47. The minimum absolute atomic E-state index is 0.0567. The van der Waals surface area contributed by atoms with E-state index < -0.39 is 5.82 Å². The highest BCUT2D eigenvalue weighted by Gasteiger charge is 2.31. The molecular formula is C14H20F2N2S2. The Morgan fingerprint density at radius 1 is 1.35 bits per heavy atom. The molecular weight excluding hydrogens is 298 g/mol. The number of halogens is 2. The third kappa shape index (κ3) is 3.87. The molecule has 0 aromatic heterocycles. The SMILES string of the molecule is CC1SCC(C(Cc2cc(F)ccc2F)NN)SC1C. The molecule has 3 N–H and O–H groups in total. The maximum absolute atomic E-state index is 13.7. The van der Waals surface area contributed by atoms with E-state index >= 15 is 0 Å². The highest BCUT2D eigenvalue weighted by atomic mass is 32.2. The average Bonchev–Trinajstić information content (AvgIpc) is 2.43. The molecule has 2 nitrogen and oxygen atoms in total. The first-order chi connectivity index (χ1) is 9.51. The fraction of sp³-hybridized carbons (Fsp3) is 0.571. The zero-order valence-corrected chi connectivity index (χ0v) is 13.2. The monoisotopic (exact) mass is 318 g/mol. The molecule has 1 aliphatic heterocycles. The molecule has 0 amide bonds. The van der Waals surface area contributed by atoms with Crippen LogP contribution in [0.1, 0.15) is 19.4 Å². The number of hydrogen-bond donors (Lipinski definition) is 2. The number of nitrogens with two attached hydrogens (primary N) is 1. The summed E-state index contributed by atoms with van der Waals surface area (Å²) in [6.45, 7) is 4.42. The Morgan fingerprint density at radius 2 is 2.10 bits per heavy atom. The van der Waals surface area contributed by atoms with Crippen molar-refractivity contribution in [3.63, 3.8) is 0 Å². The summed E-state index contributed by atoms with van der Waals surface area (Å²) in [6, 6.07) is 3.51. The molecule has 1 saturated heterocycles. The van der Waals surface area contributed by atoms with Crippen molar-refractivity contribution in [3.8, 4) is 0 Å². The summed E-state index contributed by atoms with van der Waals surface area (Å²) >= 11 is 3.79. The van der Waals surface area contributed by atoms with Gasteiger partial charge in [-0.15, -0.1) is 0 Å². The topological polar surface area (TPSA) is 38.0 Å². The fourth-order valence-corrected chi connectivity index (χ4v) is 5.36. The predicted molar refractivity (Wildman–Crippen MR) is 83.9 cm³/mol.